The van der Waals surface area contributed by atoms with Crippen LogP contribution in [0.4, 0.5) is 0 Å². The van der Waals surface area contributed by atoms with E-state index < -0.39 is 91.5 Å². The molecule has 5 atom stereocenters. The molecule has 0 aromatic carbocycles. The van der Waals surface area contributed by atoms with Gasteiger partial charge in [-0.15, -0.1) is 0 Å². The molecule has 0 aliphatic carbocycles. The van der Waals surface area contributed by atoms with Gasteiger partial charge in [0, 0.05) is 19.3 Å². The Balaban J connectivity index is 4.77. The molecule has 0 spiro atoms. The van der Waals surface area contributed by atoms with Crippen LogP contribution in [0.25, 0.3) is 0 Å². The Labute approximate surface area is 549 Å². The summed E-state index contributed by atoms with van der Waals surface area (Å²) < 4.78 is 60.8. The molecule has 91 heavy (non-hydrogen) atoms. The van der Waals surface area contributed by atoms with E-state index in [2.05, 4.69) is 148 Å². The first kappa shape index (κ1) is 86.4. The first-order valence-electron chi connectivity index (χ1n) is 34.1. The molecule has 518 valence electrons. The number of rotatable bonds is 63. The molecule has 16 nitrogen and oxygen atoms in total. The first-order valence-corrected chi connectivity index (χ1v) is 37.1. The monoisotopic (exact) mass is 1310 g/mol. The van der Waals surface area contributed by atoms with Crippen LogP contribution < -0.4 is 0 Å². The van der Waals surface area contributed by atoms with Crippen LogP contribution in [-0.4, -0.2) is 95.9 Å². The number of phosphoric acid groups is 2. The fourth-order valence-corrected chi connectivity index (χ4v) is 9.97. The van der Waals surface area contributed by atoms with E-state index in [0.29, 0.717) is 25.7 Å². The lowest BCUT2D eigenvalue weighted by Gasteiger charge is -2.21. The fraction of sp³-hybridized carbons (Fsp3) is 0.630. The van der Waals surface area contributed by atoms with E-state index in [9.17, 15) is 43.5 Å². The van der Waals surface area contributed by atoms with Crippen molar-refractivity contribution in [1.29, 1.82) is 0 Å². The molecular weight excluding hydrogens is 1190 g/mol. The summed E-state index contributed by atoms with van der Waals surface area (Å²) in [5.41, 5.74) is 0. The molecule has 0 amide bonds. The number of carbonyl (C=O) groups excluding carboxylic acids is 3. The van der Waals surface area contributed by atoms with E-state index in [-0.39, 0.29) is 19.3 Å². The predicted molar refractivity (Wildman–Crippen MR) is 371 cm³/mol. The highest BCUT2D eigenvalue weighted by Crippen LogP contribution is 2.45. The topological polar surface area (TPSA) is 231 Å². The molecule has 0 rings (SSSR count). The maximum Gasteiger partial charge on any atom is 0.472 e. The zero-order valence-electron chi connectivity index (χ0n) is 56.0. The third kappa shape index (κ3) is 66.7. The normalized spacial score (nSPS) is 15.1. The average molecular weight is 1320 g/mol. The van der Waals surface area contributed by atoms with E-state index in [0.717, 1.165) is 135 Å². The number of aliphatic hydroxyl groups is 2. The van der Waals surface area contributed by atoms with Crippen LogP contribution in [0.2, 0.25) is 0 Å². The SMILES string of the molecule is CC/C=C\C/C=C\C/C=C\C/C=C\C/C=C\C/C=C\CCC(=O)OCC(COP(=O)(O)OCC(O)COP(=O)(O)OCC(O)COC(=O)CCCCCCC/C=C\C/C=C\C/C=C\C/C=C\C/C=C\CC)OC(=O)CCCCCCC/C=C\CCCCCCCC. The molecule has 0 saturated heterocycles. The minimum atomic E-state index is -4.95. The summed E-state index contributed by atoms with van der Waals surface area (Å²) in [6.45, 7) is 2.29. The van der Waals surface area contributed by atoms with E-state index in [1.165, 1.54) is 38.5 Å². The summed E-state index contributed by atoms with van der Waals surface area (Å²) >= 11 is 0. The zero-order chi connectivity index (χ0) is 66.7. The second-order valence-electron chi connectivity index (χ2n) is 22.2. The zero-order valence-corrected chi connectivity index (χ0v) is 57.7. The largest absolute Gasteiger partial charge is 0.472 e. The number of esters is 3. The van der Waals surface area contributed by atoms with Crippen molar-refractivity contribution >= 4 is 33.6 Å². The molecule has 0 aliphatic rings. The van der Waals surface area contributed by atoms with Crippen LogP contribution in [0.5, 0.6) is 0 Å². The standard InChI is InChI=1S/C73H120O16P2/c1-4-7-10-13-16-19-22-25-28-30-32-33-35-37-39-41-44-47-50-53-56-59-71(76)83-62-68(74)63-85-90(79,80)86-64-69(75)65-87-91(81,82)88-67-70(89-73(78)61-58-55-52-49-46-43-38-27-24-21-18-15-12-9-6-3)66-84-72(77)60-57-54-51-48-45-42-40-36-34-31-29-26-23-20-17-14-11-8-5-2/h7-8,10-11,16-17,19-20,25-29,32-34,36-39,42,45,51,54,68-70,74-75H,4-6,9,12-15,18,21-24,30-31,35,40-41,43-44,46-50,52-53,55-67H2,1-3H3,(H,79,80)(H,81,82)/b10-7-,11-8-,19-16-,20-17-,28-25-,29-26-,33-32-,36-34-,38-27-,39-37-,45-42-,54-51-. The maximum absolute atomic E-state index is 12.9. The lowest BCUT2D eigenvalue weighted by atomic mass is 10.1. The number of allylic oxidation sites excluding steroid dienone is 24. The molecule has 0 aromatic heterocycles. The third-order valence-electron chi connectivity index (χ3n) is 13.5. The van der Waals surface area contributed by atoms with E-state index in [1.54, 1.807) is 0 Å². The van der Waals surface area contributed by atoms with Crippen LogP contribution in [0.1, 0.15) is 239 Å². The van der Waals surface area contributed by atoms with Gasteiger partial charge in [-0.1, -0.05) is 237 Å². The summed E-state index contributed by atoms with van der Waals surface area (Å²) in [7, 11) is -9.81. The Bertz CT molecular complexity index is 2240. The van der Waals surface area contributed by atoms with Gasteiger partial charge in [0.1, 0.15) is 25.4 Å². The summed E-state index contributed by atoms with van der Waals surface area (Å²) in [4.78, 5) is 58.3. The summed E-state index contributed by atoms with van der Waals surface area (Å²) in [6.07, 6.45) is 77.7. The average Bonchev–Trinajstić information content (AvgIpc) is 3.08. The molecule has 4 N–H and O–H groups in total. The molecule has 0 fully saturated rings. The van der Waals surface area contributed by atoms with E-state index >= 15 is 0 Å². The Morgan fingerprint density at radius 1 is 0.319 bits per heavy atom. The smallest absolute Gasteiger partial charge is 0.463 e. The van der Waals surface area contributed by atoms with Crippen LogP contribution in [0.3, 0.4) is 0 Å². The Morgan fingerprint density at radius 2 is 0.604 bits per heavy atom. The van der Waals surface area contributed by atoms with Crippen LogP contribution in [-0.2, 0) is 55.8 Å². The van der Waals surface area contributed by atoms with Gasteiger partial charge >= 0.3 is 33.6 Å². The van der Waals surface area contributed by atoms with Gasteiger partial charge in [0.25, 0.3) is 0 Å². The van der Waals surface area contributed by atoms with Gasteiger partial charge in [0.2, 0.25) is 0 Å². The summed E-state index contributed by atoms with van der Waals surface area (Å²) in [6, 6.07) is 0. The number of unbranched alkanes of at least 4 members (excludes halogenated alkanes) is 16. The maximum atomic E-state index is 12.9. The van der Waals surface area contributed by atoms with Gasteiger partial charge in [-0.3, -0.25) is 32.5 Å². The number of carbonyl (C=O) groups is 3. The minimum absolute atomic E-state index is 0.0390. The molecule has 0 bridgehead atoms. The Kier molecular flexibility index (Phi) is 62.2. The van der Waals surface area contributed by atoms with Crippen molar-refractivity contribution < 1.29 is 75.8 Å². The Morgan fingerprint density at radius 3 is 1.00 bits per heavy atom. The lowest BCUT2D eigenvalue weighted by molar-refractivity contribution is -0.161. The van der Waals surface area contributed by atoms with Gasteiger partial charge in [-0.25, -0.2) is 9.13 Å². The quantitative estimate of drug-likeness (QED) is 0.0146. The molecular formula is C73H120O16P2. The molecule has 0 heterocycles. The van der Waals surface area contributed by atoms with E-state index in [1.807, 2.05) is 18.2 Å². The molecule has 0 aliphatic heterocycles. The summed E-state index contributed by atoms with van der Waals surface area (Å²) in [5.74, 6) is -1.71. The Hall–Kier alpha value is -4.57. The highest BCUT2D eigenvalue weighted by molar-refractivity contribution is 7.47. The van der Waals surface area contributed by atoms with Gasteiger partial charge < -0.3 is 34.2 Å². The van der Waals surface area contributed by atoms with Gasteiger partial charge in [-0.2, -0.15) is 0 Å². The van der Waals surface area contributed by atoms with Crippen molar-refractivity contribution in [3.8, 4) is 0 Å². The van der Waals surface area contributed by atoms with Crippen molar-refractivity contribution in [3.05, 3.63) is 146 Å². The minimum Gasteiger partial charge on any atom is -0.463 e. The van der Waals surface area contributed by atoms with Crippen LogP contribution in [0, 0.1) is 0 Å². The third-order valence-corrected chi connectivity index (χ3v) is 15.4. The molecule has 5 unspecified atom stereocenters. The van der Waals surface area contributed by atoms with Crippen LogP contribution >= 0.6 is 15.6 Å². The molecule has 0 aromatic rings. The predicted octanol–water partition coefficient (Wildman–Crippen LogP) is 19.0. The number of hydrogen-bond donors (Lipinski definition) is 4. The van der Waals surface area contributed by atoms with Crippen molar-refractivity contribution in [2.45, 2.75) is 257 Å². The lowest BCUT2D eigenvalue weighted by Crippen LogP contribution is -2.30. The van der Waals surface area contributed by atoms with Crippen molar-refractivity contribution in [2.75, 3.05) is 39.6 Å². The second kappa shape index (κ2) is 65.5. The van der Waals surface area contributed by atoms with Crippen molar-refractivity contribution in [2.24, 2.45) is 0 Å². The molecule has 18 heteroatoms. The van der Waals surface area contributed by atoms with Crippen molar-refractivity contribution in [1.82, 2.24) is 0 Å². The first-order chi connectivity index (χ1) is 44.2. The number of hydrogen-bond acceptors (Lipinski definition) is 14. The highest BCUT2D eigenvalue weighted by Gasteiger charge is 2.29. The second-order valence-corrected chi connectivity index (χ2v) is 25.1. The number of aliphatic hydroxyl groups excluding tert-OH is 2. The molecule has 0 radical (unpaired) electrons. The molecule has 0 saturated carbocycles. The van der Waals surface area contributed by atoms with E-state index in [4.69, 9.17) is 32.3 Å². The van der Waals surface area contributed by atoms with Gasteiger partial charge in [0.05, 0.1) is 26.4 Å². The van der Waals surface area contributed by atoms with Gasteiger partial charge in [0.15, 0.2) is 6.10 Å². The fourth-order valence-electron chi connectivity index (χ4n) is 8.38. The van der Waals surface area contributed by atoms with Gasteiger partial charge in [-0.05, 0) is 128 Å². The van der Waals surface area contributed by atoms with Crippen LogP contribution in [0.15, 0.2) is 146 Å². The number of phosphoric ester groups is 2. The summed E-state index contributed by atoms with van der Waals surface area (Å²) in [5, 5.41) is 20.5. The van der Waals surface area contributed by atoms with Crippen molar-refractivity contribution in [3.63, 3.8) is 0 Å². The highest BCUT2D eigenvalue weighted by atomic mass is 31.2. The number of ether oxygens (including phenoxy) is 3.